The fourth-order valence-corrected chi connectivity index (χ4v) is 2.30. The average Bonchev–Trinajstić information content (AvgIpc) is 2.44. The van der Waals surface area contributed by atoms with Crippen molar-refractivity contribution in [3.05, 3.63) is 35.9 Å². The molecule has 0 aliphatic carbocycles. The molecule has 1 rings (SSSR count). The second-order valence-corrected chi connectivity index (χ2v) is 5.20. The second-order valence-electron chi connectivity index (χ2n) is 3.80. The molecule has 0 saturated heterocycles. The van der Waals surface area contributed by atoms with Crippen molar-refractivity contribution in [1.29, 1.82) is 0 Å². The zero-order valence-electron chi connectivity index (χ0n) is 11.5. The van der Waals surface area contributed by atoms with Crippen LogP contribution in [0, 0.1) is 0 Å². The Hall–Kier alpha value is -1.00. The van der Waals surface area contributed by atoms with Gasteiger partial charge in [-0.1, -0.05) is 30.3 Å². The maximum absolute atomic E-state index is 11.5. The second kappa shape index (κ2) is 8.99. The summed E-state index contributed by atoms with van der Waals surface area (Å²) >= 11 is 0. The van der Waals surface area contributed by atoms with Crippen LogP contribution in [0.3, 0.4) is 0 Å². The molecular weight excluding hydrogens is 265 g/mol. The maximum Gasteiger partial charge on any atom is 0.323 e. The Balaban J connectivity index is 2.39. The van der Waals surface area contributed by atoms with Crippen molar-refractivity contribution in [1.82, 2.24) is 5.09 Å². The smallest absolute Gasteiger partial charge is 0.323 e. The van der Waals surface area contributed by atoms with Gasteiger partial charge in [0, 0.05) is 7.11 Å². The third-order valence-corrected chi connectivity index (χ3v) is 3.59. The molecule has 0 spiro atoms. The predicted octanol–water partition coefficient (Wildman–Crippen LogP) is 2.62. The molecule has 0 heterocycles. The number of hydrogen-bond donors (Lipinski definition) is 1. The largest absolute Gasteiger partial charge is 0.465 e. The van der Waals surface area contributed by atoms with Crippen LogP contribution in [0.2, 0.25) is 0 Å². The van der Waals surface area contributed by atoms with E-state index in [0.717, 1.165) is 5.56 Å². The molecule has 1 aromatic rings. The number of carbonyl (C=O) groups is 1. The summed E-state index contributed by atoms with van der Waals surface area (Å²) in [6.07, 6.45) is 0. The molecule has 0 fully saturated rings. The van der Waals surface area contributed by atoms with Gasteiger partial charge in [0.05, 0.1) is 13.2 Å². The maximum atomic E-state index is 11.5. The summed E-state index contributed by atoms with van der Waals surface area (Å²) in [4.78, 5) is 11.5. The van der Waals surface area contributed by atoms with Gasteiger partial charge < -0.3 is 13.8 Å². The number of rotatable bonds is 8. The van der Waals surface area contributed by atoms with Crippen molar-refractivity contribution in [2.75, 3.05) is 13.7 Å². The topological polar surface area (TPSA) is 56.8 Å². The molecule has 19 heavy (non-hydrogen) atoms. The van der Waals surface area contributed by atoms with Gasteiger partial charge in [0.1, 0.15) is 6.04 Å². The van der Waals surface area contributed by atoms with Gasteiger partial charge in [-0.05, 0) is 19.4 Å². The molecule has 0 saturated carbocycles. The molecule has 0 aromatic heterocycles. The zero-order valence-corrected chi connectivity index (χ0v) is 12.4. The van der Waals surface area contributed by atoms with Crippen molar-refractivity contribution in [2.24, 2.45) is 0 Å². The molecule has 0 radical (unpaired) electrons. The first-order chi connectivity index (χ1) is 9.17. The van der Waals surface area contributed by atoms with Crippen LogP contribution in [0.4, 0.5) is 0 Å². The van der Waals surface area contributed by atoms with Crippen LogP contribution in [-0.2, 0) is 25.2 Å². The van der Waals surface area contributed by atoms with Crippen LogP contribution in [0.1, 0.15) is 19.4 Å². The summed E-state index contributed by atoms with van der Waals surface area (Å²) in [7, 11) is 0.228. The van der Waals surface area contributed by atoms with E-state index in [0.29, 0.717) is 13.2 Å². The van der Waals surface area contributed by atoms with E-state index in [-0.39, 0.29) is 5.97 Å². The highest BCUT2D eigenvalue weighted by molar-refractivity contribution is 7.45. The Kier molecular flexibility index (Phi) is 7.60. The van der Waals surface area contributed by atoms with Crippen LogP contribution >= 0.6 is 8.53 Å². The van der Waals surface area contributed by atoms with E-state index in [2.05, 4.69) is 5.09 Å². The molecule has 106 valence electrons. The van der Waals surface area contributed by atoms with Gasteiger partial charge in [0.15, 0.2) is 0 Å². The number of carbonyl (C=O) groups excluding carboxylic acids is 1. The summed E-state index contributed by atoms with van der Waals surface area (Å²) in [5.41, 5.74) is 1.05. The normalized spacial score (nSPS) is 13.8. The van der Waals surface area contributed by atoms with Gasteiger partial charge in [-0.3, -0.25) is 4.79 Å². The Morgan fingerprint density at radius 3 is 2.63 bits per heavy atom. The minimum Gasteiger partial charge on any atom is -0.465 e. The lowest BCUT2D eigenvalue weighted by Crippen LogP contribution is -2.32. The molecule has 1 unspecified atom stereocenters. The highest BCUT2D eigenvalue weighted by atomic mass is 31.2. The Bertz CT molecular complexity index is 374. The van der Waals surface area contributed by atoms with Crippen molar-refractivity contribution >= 4 is 14.5 Å². The monoisotopic (exact) mass is 285 g/mol. The summed E-state index contributed by atoms with van der Waals surface area (Å²) < 4.78 is 15.7. The summed E-state index contributed by atoms with van der Waals surface area (Å²) in [6.45, 7) is 4.29. The van der Waals surface area contributed by atoms with E-state index in [1.165, 1.54) is 0 Å². The average molecular weight is 285 g/mol. The fraction of sp³-hybridized carbons (Fsp3) is 0.462. The third kappa shape index (κ3) is 6.12. The van der Waals surface area contributed by atoms with Gasteiger partial charge >= 0.3 is 5.97 Å². The van der Waals surface area contributed by atoms with Gasteiger partial charge in [-0.15, -0.1) is 0 Å². The fourth-order valence-electron chi connectivity index (χ4n) is 1.33. The van der Waals surface area contributed by atoms with E-state index >= 15 is 0 Å². The van der Waals surface area contributed by atoms with E-state index in [9.17, 15) is 4.79 Å². The Morgan fingerprint density at radius 1 is 1.37 bits per heavy atom. The molecule has 1 N–H and O–H groups in total. The lowest BCUT2D eigenvalue weighted by atomic mass is 10.2. The van der Waals surface area contributed by atoms with Gasteiger partial charge in [0.25, 0.3) is 8.53 Å². The van der Waals surface area contributed by atoms with E-state index < -0.39 is 14.6 Å². The molecule has 6 heteroatoms. The zero-order chi connectivity index (χ0) is 14.1. The van der Waals surface area contributed by atoms with Crippen molar-refractivity contribution in [2.45, 2.75) is 26.5 Å². The molecule has 0 aliphatic heterocycles. The molecule has 2 atom stereocenters. The number of benzene rings is 1. The Morgan fingerprint density at radius 2 is 2.05 bits per heavy atom. The standard InChI is InChI=1S/C13H20NO4P/c1-4-17-13(15)11(2)14-19(16-3)18-10-12-8-6-5-7-9-12/h5-9,11,14H,4,10H2,1-3H3/t11-,19?/m0/s1. The van der Waals surface area contributed by atoms with Crippen molar-refractivity contribution in [3.63, 3.8) is 0 Å². The van der Waals surface area contributed by atoms with Gasteiger partial charge in [0.2, 0.25) is 0 Å². The highest BCUT2D eigenvalue weighted by Gasteiger charge is 2.19. The highest BCUT2D eigenvalue weighted by Crippen LogP contribution is 2.34. The van der Waals surface area contributed by atoms with Crippen LogP contribution in [-0.4, -0.2) is 25.7 Å². The number of ether oxygens (including phenoxy) is 1. The molecule has 0 aliphatic rings. The molecule has 0 amide bonds. The number of hydrogen-bond acceptors (Lipinski definition) is 5. The van der Waals surface area contributed by atoms with Crippen LogP contribution in [0.25, 0.3) is 0 Å². The predicted molar refractivity (Wildman–Crippen MR) is 74.4 cm³/mol. The third-order valence-electron chi connectivity index (χ3n) is 2.30. The van der Waals surface area contributed by atoms with Crippen LogP contribution in [0.5, 0.6) is 0 Å². The summed E-state index contributed by atoms with van der Waals surface area (Å²) in [6, 6.07) is 9.33. The van der Waals surface area contributed by atoms with Gasteiger partial charge in [-0.25, -0.2) is 5.09 Å². The molecule has 0 bridgehead atoms. The number of esters is 1. The van der Waals surface area contributed by atoms with Gasteiger partial charge in [-0.2, -0.15) is 0 Å². The summed E-state index contributed by atoms with van der Waals surface area (Å²) in [5, 5.41) is 2.97. The molecular formula is C13H20NO4P. The Labute approximate surface area is 115 Å². The van der Waals surface area contributed by atoms with Crippen LogP contribution in [0.15, 0.2) is 30.3 Å². The lowest BCUT2D eigenvalue weighted by molar-refractivity contribution is -0.144. The number of nitrogens with one attached hydrogen (secondary N) is 1. The first-order valence-electron chi connectivity index (χ1n) is 6.11. The molecule has 1 aromatic carbocycles. The quantitative estimate of drug-likeness (QED) is 0.588. The minimum atomic E-state index is -1.32. The minimum absolute atomic E-state index is 0.310. The van der Waals surface area contributed by atoms with E-state index in [4.69, 9.17) is 13.8 Å². The first kappa shape index (κ1) is 16.1. The lowest BCUT2D eigenvalue weighted by Gasteiger charge is -2.19. The van der Waals surface area contributed by atoms with E-state index in [1.54, 1.807) is 21.0 Å². The molecule has 5 nitrogen and oxygen atoms in total. The first-order valence-corrected chi connectivity index (χ1v) is 7.29. The van der Waals surface area contributed by atoms with Crippen molar-refractivity contribution in [3.8, 4) is 0 Å². The SMILES string of the molecule is CCOC(=O)[C@H](C)NP(OC)OCc1ccccc1. The van der Waals surface area contributed by atoms with Crippen molar-refractivity contribution < 1.29 is 18.6 Å². The van der Waals surface area contributed by atoms with Crippen LogP contribution < -0.4 is 5.09 Å². The van der Waals surface area contributed by atoms with E-state index in [1.807, 2.05) is 30.3 Å². The summed E-state index contributed by atoms with van der Waals surface area (Å²) in [5.74, 6) is -0.310.